The van der Waals surface area contributed by atoms with Crippen LogP contribution in [0.1, 0.15) is 38.9 Å². The Hall–Kier alpha value is -1.39. The lowest BCUT2D eigenvalue weighted by molar-refractivity contribution is -0.145. The first-order valence-corrected chi connectivity index (χ1v) is 5.64. The van der Waals surface area contributed by atoms with Gasteiger partial charge in [0.15, 0.2) is 0 Å². The Morgan fingerprint density at radius 1 is 1.62 bits per heavy atom. The lowest BCUT2D eigenvalue weighted by Crippen LogP contribution is -2.37. The number of hydrogen-bond donors (Lipinski definition) is 1. The largest absolute Gasteiger partial charge is 0.480 e. The van der Waals surface area contributed by atoms with Crippen molar-refractivity contribution in [1.82, 2.24) is 14.8 Å². The van der Waals surface area contributed by atoms with Gasteiger partial charge in [-0.3, -0.25) is 0 Å². The third kappa shape index (κ3) is 1.81. The van der Waals surface area contributed by atoms with Crippen LogP contribution in [0.2, 0.25) is 0 Å². The van der Waals surface area contributed by atoms with Crippen LogP contribution in [0.25, 0.3) is 0 Å². The lowest BCUT2D eigenvalue weighted by atomic mass is 9.82. The number of aliphatic carboxylic acids is 1. The van der Waals surface area contributed by atoms with E-state index in [0.29, 0.717) is 5.92 Å². The molecule has 1 aliphatic carbocycles. The Morgan fingerprint density at radius 3 is 2.81 bits per heavy atom. The molecule has 0 spiro atoms. The van der Waals surface area contributed by atoms with Gasteiger partial charge in [0.05, 0.1) is 0 Å². The van der Waals surface area contributed by atoms with E-state index >= 15 is 0 Å². The Bertz CT molecular complexity index is 394. The highest BCUT2D eigenvalue weighted by Gasteiger charge is 2.32. The minimum absolute atomic E-state index is 0.660. The molecule has 2 rings (SSSR count). The fourth-order valence-electron chi connectivity index (χ4n) is 1.92. The van der Waals surface area contributed by atoms with Crippen LogP contribution in [0.5, 0.6) is 0 Å². The first-order valence-electron chi connectivity index (χ1n) is 5.64. The molecule has 16 heavy (non-hydrogen) atoms. The van der Waals surface area contributed by atoms with Crippen molar-refractivity contribution in [2.45, 2.75) is 45.1 Å². The van der Waals surface area contributed by atoms with Crippen molar-refractivity contribution in [1.29, 1.82) is 0 Å². The van der Waals surface area contributed by atoms with E-state index in [1.54, 1.807) is 18.4 Å². The molecule has 5 heteroatoms. The van der Waals surface area contributed by atoms with Gasteiger partial charge in [0.25, 0.3) is 0 Å². The van der Waals surface area contributed by atoms with Crippen molar-refractivity contribution in [3.8, 4) is 0 Å². The van der Waals surface area contributed by atoms with E-state index in [1.165, 1.54) is 25.6 Å². The first kappa shape index (κ1) is 11.1. The molecule has 1 saturated carbocycles. The lowest BCUT2D eigenvalue weighted by Gasteiger charge is -2.27. The highest BCUT2D eigenvalue weighted by Crippen LogP contribution is 2.30. The summed E-state index contributed by atoms with van der Waals surface area (Å²) in [5.41, 5.74) is -0.970. The molecule has 1 N–H and O–H groups in total. The summed E-state index contributed by atoms with van der Waals surface area (Å²) in [6.07, 6.45) is 6.08. The molecular formula is C11H17N3O2. The number of aromatic nitrogens is 3. The number of hydrogen-bond acceptors (Lipinski definition) is 3. The van der Waals surface area contributed by atoms with Gasteiger partial charge < -0.3 is 9.67 Å². The van der Waals surface area contributed by atoms with Crippen molar-refractivity contribution in [2.24, 2.45) is 5.92 Å². The maximum absolute atomic E-state index is 11.2. The van der Waals surface area contributed by atoms with Crippen molar-refractivity contribution in [3.05, 3.63) is 12.2 Å². The smallest absolute Gasteiger partial charge is 0.329 e. The molecule has 0 aromatic carbocycles. The number of rotatable bonds is 4. The quantitative estimate of drug-likeness (QED) is 0.838. The van der Waals surface area contributed by atoms with Crippen LogP contribution in [0, 0.1) is 5.92 Å². The van der Waals surface area contributed by atoms with Gasteiger partial charge in [-0.15, -0.1) is 10.2 Å². The summed E-state index contributed by atoms with van der Waals surface area (Å²) in [7, 11) is 0. The molecule has 0 saturated heterocycles. The van der Waals surface area contributed by atoms with Gasteiger partial charge >= 0.3 is 5.97 Å². The van der Waals surface area contributed by atoms with Crippen molar-refractivity contribution in [3.63, 3.8) is 0 Å². The second-order valence-corrected chi connectivity index (χ2v) is 4.98. The molecule has 0 radical (unpaired) electrons. The van der Waals surface area contributed by atoms with Crippen LogP contribution in [0.15, 0.2) is 6.33 Å². The van der Waals surface area contributed by atoms with Gasteiger partial charge in [-0.1, -0.05) is 19.3 Å². The summed E-state index contributed by atoms with van der Waals surface area (Å²) >= 11 is 0. The predicted molar refractivity (Wildman–Crippen MR) is 58.0 cm³/mol. The zero-order chi connectivity index (χ0) is 11.8. The summed E-state index contributed by atoms with van der Waals surface area (Å²) in [5, 5.41) is 17.0. The van der Waals surface area contributed by atoms with Gasteiger partial charge in [-0.05, 0) is 19.8 Å². The van der Waals surface area contributed by atoms with E-state index in [9.17, 15) is 4.79 Å². The van der Waals surface area contributed by atoms with Crippen LogP contribution >= 0.6 is 0 Å². The number of carbonyl (C=O) groups is 1. The highest BCUT2D eigenvalue weighted by atomic mass is 16.4. The normalized spacial score (nSPS) is 17.1. The summed E-state index contributed by atoms with van der Waals surface area (Å²) in [4.78, 5) is 11.2. The van der Waals surface area contributed by atoms with Crippen molar-refractivity contribution in [2.75, 3.05) is 0 Å². The number of carboxylic acids is 1. The number of carboxylic acid groups (broad SMARTS) is 1. The van der Waals surface area contributed by atoms with E-state index in [2.05, 4.69) is 10.2 Å². The maximum Gasteiger partial charge on any atom is 0.329 e. The summed E-state index contributed by atoms with van der Waals surface area (Å²) in [6.45, 7) is 3.34. The third-order valence-corrected chi connectivity index (χ3v) is 3.44. The van der Waals surface area contributed by atoms with Crippen molar-refractivity contribution >= 4 is 5.97 Å². The monoisotopic (exact) mass is 223 g/mol. The van der Waals surface area contributed by atoms with Crippen LogP contribution in [-0.2, 0) is 16.8 Å². The standard InChI is InChI=1S/C11H17N3O2/c1-11(2,10(15)16)14-7-12-13-9(14)6-8-4-3-5-8/h7-8H,3-6H2,1-2H3,(H,15,16). The van der Waals surface area contributed by atoms with Crippen LogP contribution in [0.4, 0.5) is 0 Å². The van der Waals surface area contributed by atoms with E-state index in [4.69, 9.17) is 5.11 Å². The summed E-state index contributed by atoms with van der Waals surface area (Å²) in [5.74, 6) is 0.590. The molecule has 1 aromatic rings. The average Bonchev–Trinajstić information content (AvgIpc) is 2.59. The van der Waals surface area contributed by atoms with E-state index in [0.717, 1.165) is 12.2 Å². The second-order valence-electron chi connectivity index (χ2n) is 4.98. The molecule has 5 nitrogen and oxygen atoms in total. The molecule has 1 aromatic heterocycles. The van der Waals surface area contributed by atoms with Crippen LogP contribution < -0.4 is 0 Å². The van der Waals surface area contributed by atoms with Crippen LogP contribution in [-0.4, -0.2) is 25.8 Å². The molecule has 0 aliphatic heterocycles. The Morgan fingerprint density at radius 2 is 2.31 bits per heavy atom. The molecule has 0 bridgehead atoms. The third-order valence-electron chi connectivity index (χ3n) is 3.44. The summed E-state index contributed by atoms with van der Waals surface area (Å²) < 4.78 is 1.67. The van der Waals surface area contributed by atoms with E-state index in [1.807, 2.05) is 0 Å². The minimum Gasteiger partial charge on any atom is -0.480 e. The van der Waals surface area contributed by atoms with E-state index < -0.39 is 11.5 Å². The summed E-state index contributed by atoms with van der Waals surface area (Å²) in [6, 6.07) is 0. The molecular weight excluding hydrogens is 206 g/mol. The second kappa shape index (κ2) is 3.88. The Kier molecular flexibility index (Phi) is 2.69. The van der Waals surface area contributed by atoms with Gasteiger partial charge in [0, 0.05) is 6.42 Å². The molecule has 88 valence electrons. The molecule has 1 aliphatic rings. The van der Waals surface area contributed by atoms with Crippen molar-refractivity contribution < 1.29 is 9.90 Å². The minimum atomic E-state index is -0.970. The molecule has 0 unspecified atom stereocenters. The molecule has 0 atom stereocenters. The number of nitrogens with zero attached hydrogens (tertiary/aromatic N) is 3. The van der Waals surface area contributed by atoms with Gasteiger partial charge in [0.1, 0.15) is 17.7 Å². The van der Waals surface area contributed by atoms with Gasteiger partial charge in [-0.25, -0.2) is 4.79 Å². The topological polar surface area (TPSA) is 68.0 Å². The fourth-order valence-corrected chi connectivity index (χ4v) is 1.92. The first-order chi connectivity index (χ1) is 7.51. The zero-order valence-electron chi connectivity index (χ0n) is 9.68. The van der Waals surface area contributed by atoms with Gasteiger partial charge in [-0.2, -0.15) is 0 Å². The van der Waals surface area contributed by atoms with E-state index in [-0.39, 0.29) is 0 Å². The van der Waals surface area contributed by atoms with Gasteiger partial charge in [0.2, 0.25) is 0 Å². The molecule has 1 heterocycles. The van der Waals surface area contributed by atoms with Crippen LogP contribution in [0.3, 0.4) is 0 Å². The fraction of sp³-hybridized carbons (Fsp3) is 0.727. The molecule has 1 fully saturated rings. The SMILES string of the molecule is CC(C)(C(=O)O)n1cnnc1CC1CCC1. The Balaban J connectivity index is 2.20. The maximum atomic E-state index is 11.2. The zero-order valence-corrected chi connectivity index (χ0v) is 9.68. The Labute approximate surface area is 94.5 Å². The molecule has 0 amide bonds. The highest BCUT2D eigenvalue weighted by molar-refractivity contribution is 5.75. The average molecular weight is 223 g/mol. The predicted octanol–water partition coefficient (Wildman–Crippen LogP) is 1.44.